The summed E-state index contributed by atoms with van der Waals surface area (Å²) in [6, 6.07) is 6.77. The SMILES string of the molecule is C=Cc1nc(-c2ccccc2C(=O)O)[nH]c1C. The van der Waals surface area contributed by atoms with E-state index in [4.69, 9.17) is 5.11 Å². The highest BCUT2D eigenvalue weighted by Gasteiger charge is 2.14. The second kappa shape index (κ2) is 4.25. The summed E-state index contributed by atoms with van der Waals surface area (Å²) in [7, 11) is 0. The maximum atomic E-state index is 11.1. The van der Waals surface area contributed by atoms with Gasteiger partial charge in [-0.1, -0.05) is 24.8 Å². The van der Waals surface area contributed by atoms with E-state index in [1.54, 1.807) is 30.3 Å². The zero-order valence-corrected chi connectivity index (χ0v) is 9.40. The molecule has 0 saturated carbocycles. The first-order valence-electron chi connectivity index (χ1n) is 5.15. The number of benzene rings is 1. The van der Waals surface area contributed by atoms with Crippen molar-refractivity contribution in [3.05, 3.63) is 47.8 Å². The Balaban J connectivity index is 2.59. The summed E-state index contributed by atoms with van der Waals surface area (Å²) in [6.45, 7) is 5.53. The smallest absolute Gasteiger partial charge is 0.336 e. The monoisotopic (exact) mass is 228 g/mol. The van der Waals surface area contributed by atoms with Gasteiger partial charge < -0.3 is 10.1 Å². The molecule has 2 aromatic rings. The highest BCUT2D eigenvalue weighted by molar-refractivity contribution is 5.95. The van der Waals surface area contributed by atoms with E-state index in [0.717, 1.165) is 11.4 Å². The molecule has 1 heterocycles. The Morgan fingerprint density at radius 2 is 2.18 bits per heavy atom. The molecular formula is C13H12N2O2. The van der Waals surface area contributed by atoms with Crippen molar-refractivity contribution in [1.82, 2.24) is 9.97 Å². The van der Waals surface area contributed by atoms with Crippen molar-refractivity contribution in [2.24, 2.45) is 0 Å². The van der Waals surface area contributed by atoms with Crippen LogP contribution < -0.4 is 0 Å². The van der Waals surface area contributed by atoms with Crippen molar-refractivity contribution in [2.75, 3.05) is 0 Å². The van der Waals surface area contributed by atoms with Crippen LogP contribution in [0.3, 0.4) is 0 Å². The van der Waals surface area contributed by atoms with Crippen molar-refractivity contribution in [3.8, 4) is 11.4 Å². The van der Waals surface area contributed by atoms with Crippen molar-refractivity contribution >= 4 is 12.0 Å². The van der Waals surface area contributed by atoms with Gasteiger partial charge in [-0.3, -0.25) is 0 Å². The van der Waals surface area contributed by atoms with Gasteiger partial charge >= 0.3 is 5.97 Å². The van der Waals surface area contributed by atoms with E-state index in [0.29, 0.717) is 11.4 Å². The topological polar surface area (TPSA) is 66.0 Å². The molecule has 2 rings (SSSR count). The van der Waals surface area contributed by atoms with Crippen molar-refractivity contribution in [2.45, 2.75) is 6.92 Å². The first-order chi connectivity index (χ1) is 8.13. The maximum Gasteiger partial charge on any atom is 0.336 e. The van der Waals surface area contributed by atoms with Crippen LogP contribution in [-0.2, 0) is 0 Å². The second-order valence-electron chi connectivity index (χ2n) is 3.65. The largest absolute Gasteiger partial charge is 0.478 e. The van der Waals surface area contributed by atoms with Gasteiger partial charge in [0.2, 0.25) is 0 Å². The molecule has 2 N–H and O–H groups in total. The molecule has 0 amide bonds. The van der Waals surface area contributed by atoms with Crippen LogP contribution in [0.4, 0.5) is 0 Å². The molecular weight excluding hydrogens is 216 g/mol. The molecule has 0 saturated heterocycles. The molecule has 86 valence electrons. The summed E-state index contributed by atoms with van der Waals surface area (Å²) in [5, 5.41) is 9.10. The fraction of sp³-hybridized carbons (Fsp3) is 0.0769. The molecule has 17 heavy (non-hydrogen) atoms. The number of aromatic carboxylic acids is 1. The fourth-order valence-corrected chi connectivity index (χ4v) is 1.68. The number of H-pyrrole nitrogens is 1. The van der Waals surface area contributed by atoms with E-state index in [1.807, 2.05) is 6.92 Å². The van der Waals surface area contributed by atoms with Crippen molar-refractivity contribution < 1.29 is 9.90 Å². The quantitative estimate of drug-likeness (QED) is 0.848. The standard InChI is InChI=1S/C13H12N2O2/c1-3-11-8(2)14-12(15-11)9-6-4-5-7-10(9)13(16)17/h3-7H,1H2,2H3,(H,14,15)(H,16,17). The second-order valence-corrected chi connectivity index (χ2v) is 3.65. The number of hydrogen-bond donors (Lipinski definition) is 2. The van der Waals surface area contributed by atoms with Crippen LogP contribution in [0.25, 0.3) is 17.5 Å². The molecule has 0 aliphatic heterocycles. The van der Waals surface area contributed by atoms with Gasteiger partial charge in [-0.2, -0.15) is 0 Å². The lowest BCUT2D eigenvalue weighted by Gasteiger charge is -2.01. The number of aryl methyl sites for hydroxylation is 1. The van der Waals surface area contributed by atoms with Crippen LogP contribution in [0.5, 0.6) is 0 Å². The molecule has 0 bridgehead atoms. The fourth-order valence-electron chi connectivity index (χ4n) is 1.68. The lowest BCUT2D eigenvalue weighted by Crippen LogP contribution is -1.99. The minimum absolute atomic E-state index is 0.233. The summed E-state index contributed by atoms with van der Waals surface area (Å²) < 4.78 is 0. The third-order valence-corrected chi connectivity index (χ3v) is 2.53. The van der Waals surface area contributed by atoms with Crippen LogP contribution in [0.1, 0.15) is 21.7 Å². The molecule has 1 aromatic heterocycles. The Hall–Kier alpha value is -2.36. The van der Waals surface area contributed by atoms with Gasteiger partial charge in [0.15, 0.2) is 0 Å². The Morgan fingerprint density at radius 1 is 1.47 bits per heavy atom. The van der Waals surface area contributed by atoms with E-state index in [2.05, 4.69) is 16.5 Å². The molecule has 0 aliphatic rings. The summed E-state index contributed by atoms with van der Waals surface area (Å²) in [6.07, 6.45) is 1.64. The Kier molecular flexibility index (Phi) is 2.78. The molecule has 1 aromatic carbocycles. The van der Waals surface area contributed by atoms with Gasteiger partial charge in [0.1, 0.15) is 5.82 Å². The Morgan fingerprint density at radius 3 is 2.76 bits per heavy atom. The van der Waals surface area contributed by atoms with E-state index >= 15 is 0 Å². The third kappa shape index (κ3) is 1.97. The van der Waals surface area contributed by atoms with Gasteiger partial charge in [-0.15, -0.1) is 0 Å². The lowest BCUT2D eigenvalue weighted by molar-refractivity contribution is 0.0697. The van der Waals surface area contributed by atoms with Crippen LogP contribution >= 0.6 is 0 Å². The van der Waals surface area contributed by atoms with Gasteiger partial charge in [0.25, 0.3) is 0 Å². The average molecular weight is 228 g/mol. The molecule has 0 atom stereocenters. The third-order valence-electron chi connectivity index (χ3n) is 2.53. The van der Waals surface area contributed by atoms with Crippen molar-refractivity contribution in [1.29, 1.82) is 0 Å². The summed E-state index contributed by atoms with van der Waals surface area (Å²) in [5.41, 5.74) is 2.42. The molecule has 0 fully saturated rings. The number of imidazole rings is 1. The molecule has 0 aliphatic carbocycles. The minimum Gasteiger partial charge on any atom is -0.478 e. The molecule has 0 unspecified atom stereocenters. The van der Waals surface area contributed by atoms with E-state index < -0.39 is 5.97 Å². The summed E-state index contributed by atoms with van der Waals surface area (Å²) >= 11 is 0. The van der Waals surface area contributed by atoms with E-state index in [-0.39, 0.29) is 5.56 Å². The first kappa shape index (κ1) is 11.1. The van der Waals surface area contributed by atoms with E-state index in [9.17, 15) is 4.79 Å². The highest BCUT2D eigenvalue weighted by atomic mass is 16.4. The van der Waals surface area contributed by atoms with Gasteiger partial charge in [0, 0.05) is 11.3 Å². The number of hydrogen-bond acceptors (Lipinski definition) is 2. The number of aromatic amines is 1. The minimum atomic E-state index is -0.963. The Labute approximate surface area is 98.6 Å². The highest BCUT2D eigenvalue weighted by Crippen LogP contribution is 2.22. The van der Waals surface area contributed by atoms with Crippen LogP contribution in [-0.4, -0.2) is 21.0 Å². The normalized spacial score (nSPS) is 10.2. The molecule has 4 nitrogen and oxygen atoms in total. The zero-order valence-electron chi connectivity index (χ0n) is 9.40. The number of nitrogens with zero attached hydrogens (tertiary/aromatic N) is 1. The van der Waals surface area contributed by atoms with Gasteiger partial charge in [-0.05, 0) is 19.1 Å². The number of nitrogens with one attached hydrogen (secondary N) is 1. The molecule has 0 radical (unpaired) electrons. The average Bonchev–Trinajstić information content (AvgIpc) is 2.70. The predicted octanol–water partition coefficient (Wildman–Crippen LogP) is 2.73. The van der Waals surface area contributed by atoms with Crippen molar-refractivity contribution in [3.63, 3.8) is 0 Å². The number of carboxylic acids is 1. The van der Waals surface area contributed by atoms with Crippen LogP contribution in [0, 0.1) is 6.92 Å². The van der Waals surface area contributed by atoms with Gasteiger partial charge in [0.05, 0.1) is 11.3 Å². The lowest BCUT2D eigenvalue weighted by atomic mass is 10.1. The van der Waals surface area contributed by atoms with Crippen LogP contribution in [0.2, 0.25) is 0 Å². The number of carbonyl (C=O) groups is 1. The molecule has 4 heteroatoms. The maximum absolute atomic E-state index is 11.1. The Bertz CT molecular complexity index is 585. The van der Waals surface area contributed by atoms with E-state index in [1.165, 1.54) is 0 Å². The summed E-state index contributed by atoms with van der Waals surface area (Å²) in [4.78, 5) is 18.5. The predicted molar refractivity (Wildman–Crippen MR) is 65.8 cm³/mol. The number of rotatable bonds is 3. The van der Waals surface area contributed by atoms with Crippen LogP contribution in [0.15, 0.2) is 30.8 Å². The number of aromatic nitrogens is 2. The van der Waals surface area contributed by atoms with Gasteiger partial charge in [-0.25, -0.2) is 9.78 Å². The summed E-state index contributed by atoms with van der Waals surface area (Å²) in [5.74, 6) is -0.412. The zero-order chi connectivity index (χ0) is 12.4. The number of carboxylic acid groups (broad SMARTS) is 1. The first-order valence-corrected chi connectivity index (χ1v) is 5.15. The molecule has 0 spiro atoms.